The van der Waals surface area contributed by atoms with Gasteiger partial charge in [0.1, 0.15) is 38.6 Å². The minimum atomic E-state index is -2.54. The third-order valence-electron chi connectivity index (χ3n) is 10.7. The number of amides is 1. The molecule has 2 N–H and O–H groups in total. The van der Waals surface area contributed by atoms with Crippen LogP contribution in [-0.2, 0) is 22.3 Å². The monoisotopic (exact) mass is 756 g/mol. The van der Waals surface area contributed by atoms with E-state index in [4.69, 9.17) is 21.1 Å². The average molecular weight is 757 g/mol. The van der Waals surface area contributed by atoms with Crippen LogP contribution in [0.25, 0.3) is 5.57 Å². The van der Waals surface area contributed by atoms with Crippen LogP contribution >= 0.6 is 11.6 Å². The molecule has 0 atom stereocenters. The maximum Gasteiger partial charge on any atom is 0.339 e. The van der Waals surface area contributed by atoms with Gasteiger partial charge in [0.15, 0.2) is 11.6 Å². The first-order valence-corrected chi connectivity index (χ1v) is 21.5. The second-order valence-electron chi connectivity index (χ2n) is 14.4. The zero-order valence-corrected chi connectivity index (χ0v) is 32.0. The third-order valence-corrected chi connectivity index (χ3v) is 14.5. The van der Waals surface area contributed by atoms with Crippen LogP contribution < -0.4 is 35.7 Å². The van der Waals surface area contributed by atoms with Crippen LogP contribution in [0.2, 0.25) is 13.1 Å². The normalized spacial score (nSPS) is 15.4. The predicted molar refractivity (Wildman–Crippen MR) is 200 cm³/mol. The highest BCUT2D eigenvalue weighted by Crippen LogP contribution is 2.37. The molecule has 6 rings (SSSR count). The number of alkyl halides is 1. The second kappa shape index (κ2) is 15.7. The summed E-state index contributed by atoms with van der Waals surface area (Å²) in [5.74, 6) is -7.45. The number of nitrogens with one attached hydrogen (secondary N) is 1. The summed E-state index contributed by atoms with van der Waals surface area (Å²) in [4.78, 5) is 28.3. The van der Waals surface area contributed by atoms with E-state index in [1.54, 1.807) is 0 Å². The van der Waals surface area contributed by atoms with Crippen molar-refractivity contribution in [2.45, 2.75) is 51.6 Å². The minimum Gasteiger partial charge on any atom is -0.478 e. The van der Waals surface area contributed by atoms with Gasteiger partial charge in [-0.1, -0.05) is 25.9 Å². The lowest BCUT2D eigenvalue weighted by Gasteiger charge is -2.34. The lowest BCUT2D eigenvalue weighted by atomic mass is 9.87. The van der Waals surface area contributed by atoms with Crippen LogP contribution in [0.1, 0.15) is 68.7 Å². The minimum absolute atomic E-state index is 0.0214. The topological polar surface area (TPSA) is 91.1 Å². The standard InChI is InChI=1S/C39H45ClF3N3O5Si/c1-45-13-9-23-19-25-29(21-27(23)45)52(3,4)30-22-28-24(10-14-46(28)2)20-26(30)31(25)32-33(39(48)49)36(42)37(43)34(35(32)41)38(47)44-12-16-51-18-17-50-15-8-6-5-7-11-40/h19-22H,5-18H2,1-4H3,(H-,44,47,48,49)/p+1. The van der Waals surface area contributed by atoms with Gasteiger partial charge in [-0.3, -0.25) is 4.79 Å². The Kier molecular flexibility index (Phi) is 11.5. The molecule has 0 saturated carbocycles. The summed E-state index contributed by atoms with van der Waals surface area (Å²) in [5, 5.41) is 16.3. The molecular weight excluding hydrogens is 711 g/mol. The van der Waals surface area contributed by atoms with Crippen LogP contribution in [0, 0.1) is 17.5 Å². The van der Waals surface area contributed by atoms with E-state index in [0.29, 0.717) is 29.9 Å². The van der Waals surface area contributed by atoms with Gasteiger partial charge in [-0.15, -0.1) is 11.6 Å². The number of halogens is 4. The van der Waals surface area contributed by atoms with Crippen molar-refractivity contribution in [2.75, 3.05) is 70.9 Å². The van der Waals surface area contributed by atoms with Crippen molar-refractivity contribution in [2.24, 2.45) is 0 Å². The average Bonchev–Trinajstić information content (AvgIpc) is 3.66. The van der Waals surface area contributed by atoms with Crippen molar-refractivity contribution >= 4 is 53.2 Å². The van der Waals surface area contributed by atoms with E-state index in [9.17, 15) is 14.7 Å². The Morgan fingerprint density at radius 1 is 0.904 bits per heavy atom. The summed E-state index contributed by atoms with van der Waals surface area (Å²) >= 11 is 5.69. The van der Waals surface area contributed by atoms with Crippen LogP contribution in [0.5, 0.6) is 0 Å². The molecule has 52 heavy (non-hydrogen) atoms. The Hall–Kier alpha value is -3.71. The number of likely N-dealkylation sites (N-methyl/N-ethyl adjacent to an activating group) is 2. The Morgan fingerprint density at radius 3 is 2.35 bits per heavy atom. The highest BCUT2D eigenvalue weighted by atomic mass is 35.5. The quantitative estimate of drug-likeness (QED) is 0.0813. The fraction of sp³-hybridized carbons (Fsp3) is 0.462. The van der Waals surface area contributed by atoms with Crippen molar-refractivity contribution in [3.63, 3.8) is 0 Å². The molecular formula is C39H46ClF3N3O5Si+. The van der Waals surface area contributed by atoms with Crippen LogP contribution in [0.15, 0.2) is 24.3 Å². The molecule has 1 amide bonds. The van der Waals surface area contributed by atoms with Gasteiger partial charge < -0.3 is 24.8 Å². The van der Waals surface area contributed by atoms with Gasteiger partial charge in [0.25, 0.3) is 5.91 Å². The number of aromatic carboxylic acids is 1. The molecule has 3 aliphatic heterocycles. The summed E-state index contributed by atoms with van der Waals surface area (Å²) in [5.41, 5.74) is 0.850. The van der Waals surface area contributed by atoms with E-state index in [1.807, 2.05) is 26.2 Å². The van der Waals surface area contributed by atoms with Crippen molar-refractivity contribution in [3.05, 3.63) is 85.7 Å². The number of ether oxygens (including phenoxy) is 2. The van der Waals surface area contributed by atoms with Gasteiger partial charge in [0, 0.05) is 61.9 Å². The van der Waals surface area contributed by atoms with Gasteiger partial charge in [0.2, 0.25) is 5.36 Å². The molecule has 0 fully saturated rings. The number of carbonyl (C=O) groups excluding carboxylic acids is 1. The predicted octanol–water partition coefficient (Wildman–Crippen LogP) is 3.42. The SMILES string of the molecule is CN1CCc2cc3c(cc21)[Si](C)(C)c1cc2c(cc1=C3c1c(F)c(C(=O)NCCOCCOCCCCCCCl)c(F)c(F)c1C(=O)O)CC[N+]=2C. The summed E-state index contributed by atoms with van der Waals surface area (Å²) in [6.45, 7) is 7.04. The smallest absolute Gasteiger partial charge is 0.339 e. The molecule has 8 nitrogen and oxygen atoms in total. The molecule has 3 aliphatic rings. The number of carboxylic acids is 1. The highest BCUT2D eigenvalue weighted by molar-refractivity contribution is 7.01. The van der Waals surface area contributed by atoms with E-state index in [0.717, 1.165) is 84.2 Å². The first-order chi connectivity index (χ1) is 24.9. The Bertz CT molecular complexity index is 2060. The maximum atomic E-state index is 17.1. The summed E-state index contributed by atoms with van der Waals surface area (Å²) in [6, 6.07) is 8.11. The van der Waals surface area contributed by atoms with Crippen molar-refractivity contribution < 1.29 is 37.3 Å². The Labute approximate surface area is 307 Å². The summed E-state index contributed by atoms with van der Waals surface area (Å²) < 4.78 is 62.0. The molecule has 0 radical (unpaired) electrons. The van der Waals surface area contributed by atoms with Gasteiger partial charge >= 0.3 is 5.97 Å². The van der Waals surface area contributed by atoms with Crippen molar-refractivity contribution in [1.82, 2.24) is 9.89 Å². The van der Waals surface area contributed by atoms with E-state index in [1.165, 1.54) is 0 Å². The number of carboxylic acid groups (broad SMARTS) is 1. The van der Waals surface area contributed by atoms with E-state index in [2.05, 4.69) is 40.0 Å². The number of unbranched alkanes of at least 4 members (excludes halogenated alkanes) is 3. The number of benzene rings is 3. The molecule has 0 saturated heterocycles. The largest absolute Gasteiger partial charge is 0.478 e. The fourth-order valence-corrected chi connectivity index (χ4v) is 11.0. The Morgan fingerprint density at radius 2 is 1.62 bits per heavy atom. The molecule has 3 aromatic rings. The number of hydrogen-bond donors (Lipinski definition) is 2. The third kappa shape index (κ3) is 7.02. The van der Waals surface area contributed by atoms with E-state index in [-0.39, 0.29) is 25.3 Å². The molecule has 3 heterocycles. The van der Waals surface area contributed by atoms with Crippen LogP contribution in [0.3, 0.4) is 0 Å². The second-order valence-corrected chi connectivity index (χ2v) is 19.1. The van der Waals surface area contributed by atoms with E-state index >= 15 is 13.2 Å². The van der Waals surface area contributed by atoms with Gasteiger partial charge in [-0.2, -0.15) is 0 Å². The fourth-order valence-electron chi connectivity index (χ4n) is 7.80. The number of anilines is 1. The van der Waals surface area contributed by atoms with Gasteiger partial charge in [0.05, 0.1) is 19.8 Å². The lowest BCUT2D eigenvalue weighted by molar-refractivity contribution is 0.0468. The number of rotatable bonds is 15. The van der Waals surface area contributed by atoms with Crippen molar-refractivity contribution in [3.8, 4) is 0 Å². The summed E-state index contributed by atoms with van der Waals surface area (Å²) in [7, 11) is 1.47. The number of hydrogen-bond acceptors (Lipinski definition) is 5. The number of fused-ring (bicyclic) bond motifs is 4. The summed E-state index contributed by atoms with van der Waals surface area (Å²) in [6.07, 6.45) is 5.41. The lowest BCUT2D eigenvalue weighted by Crippen LogP contribution is -2.64. The van der Waals surface area contributed by atoms with Crippen molar-refractivity contribution in [1.29, 1.82) is 0 Å². The van der Waals surface area contributed by atoms with E-state index < -0.39 is 54.1 Å². The Balaban J connectivity index is 1.39. The molecule has 3 aromatic carbocycles. The molecule has 0 aliphatic carbocycles. The zero-order chi connectivity index (χ0) is 37.3. The first kappa shape index (κ1) is 38.0. The van der Waals surface area contributed by atoms with Crippen LogP contribution in [-0.4, -0.2) is 91.1 Å². The highest BCUT2D eigenvalue weighted by Gasteiger charge is 2.41. The zero-order valence-electron chi connectivity index (χ0n) is 30.2. The number of nitrogens with zero attached hydrogens (tertiary/aromatic N) is 2. The molecule has 278 valence electrons. The molecule has 0 bridgehead atoms. The van der Waals surface area contributed by atoms with Gasteiger partial charge in [-0.05, 0) is 69.8 Å². The maximum absolute atomic E-state index is 17.1. The van der Waals surface area contributed by atoms with Crippen LogP contribution in [0.4, 0.5) is 18.9 Å². The molecule has 0 unspecified atom stereocenters. The number of carbonyl (C=O) groups is 2. The molecule has 0 spiro atoms. The molecule has 0 aromatic heterocycles. The molecule has 13 heteroatoms. The first-order valence-electron chi connectivity index (χ1n) is 18.0. The van der Waals surface area contributed by atoms with Gasteiger partial charge in [-0.25, -0.2) is 22.5 Å².